The fourth-order valence-corrected chi connectivity index (χ4v) is 6.03. The molecule has 0 unspecified atom stereocenters. The van der Waals surface area contributed by atoms with E-state index in [1.165, 1.54) is 17.5 Å². The Hall–Kier alpha value is -3.12. The summed E-state index contributed by atoms with van der Waals surface area (Å²) in [6.07, 6.45) is 8.88. The molecule has 2 aromatic heterocycles. The second-order valence-corrected chi connectivity index (χ2v) is 11.1. The van der Waals surface area contributed by atoms with Crippen molar-refractivity contribution in [2.75, 3.05) is 4.90 Å². The molecule has 0 spiro atoms. The molecular weight excluding hydrogens is 463 g/mol. The lowest BCUT2D eigenvalue weighted by Crippen LogP contribution is -2.50. The summed E-state index contributed by atoms with van der Waals surface area (Å²) in [6.45, 7) is 4.48. The minimum atomic E-state index is -0.883. The van der Waals surface area contributed by atoms with Crippen LogP contribution in [0.5, 0.6) is 5.75 Å². The largest absolute Gasteiger partial charge is 0.507 e. The van der Waals surface area contributed by atoms with Gasteiger partial charge < -0.3 is 10.0 Å². The summed E-state index contributed by atoms with van der Waals surface area (Å²) < 4.78 is 15.2. The SMILES string of the molecule is CCC[C@]1(C)CC[C@H](F)[C@H](N(c2cnc(-c3ccc(-c4ncc(C#N)s4)cc3O)nn2)C2CC2)C1. The molecule has 0 saturated heterocycles. The standard InChI is InChI=1S/C26H29FN6OS/c1-3-9-26(2)10-8-20(27)21(12-26)33(17-5-6-17)23-15-29-24(32-31-23)19-7-4-16(11-22(19)34)25-30-14-18(13-28)35-25/h4,7,11,14-15,17,20-21,34H,3,5-6,8-10,12H2,1-2H3/t20-,21+,26+/m0/s1. The van der Waals surface area contributed by atoms with Gasteiger partial charge in [0.05, 0.1) is 24.0 Å². The predicted molar refractivity (Wildman–Crippen MR) is 134 cm³/mol. The maximum atomic E-state index is 15.2. The first-order chi connectivity index (χ1) is 16.9. The van der Waals surface area contributed by atoms with Crippen LogP contribution in [0.3, 0.4) is 0 Å². The fraction of sp³-hybridized carbons (Fsp3) is 0.500. The van der Waals surface area contributed by atoms with Gasteiger partial charge >= 0.3 is 0 Å². The smallest absolute Gasteiger partial charge is 0.185 e. The van der Waals surface area contributed by atoms with Gasteiger partial charge in [-0.1, -0.05) is 26.3 Å². The second kappa shape index (κ2) is 9.50. The molecule has 9 heteroatoms. The van der Waals surface area contributed by atoms with Crippen LogP contribution in [0.15, 0.2) is 30.6 Å². The van der Waals surface area contributed by atoms with Gasteiger partial charge in [-0.2, -0.15) is 5.26 Å². The zero-order chi connectivity index (χ0) is 24.6. The van der Waals surface area contributed by atoms with Crippen molar-refractivity contribution in [1.29, 1.82) is 5.26 Å². The normalized spacial score (nSPS) is 24.2. The van der Waals surface area contributed by atoms with Crippen molar-refractivity contribution >= 4 is 17.2 Å². The first kappa shape index (κ1) is 23.6. The van der Waals surface area contributed by atoms with E-state index in [0.29, 0.717) is 39.1 Å². The van der Waals surface area contributed by atoms with Gasteiger partial charge in [-0.25, -0.2) is 14.4 Å². The lowest BCUT2D eigenvalue weighted by atomic mass is 9.70. The molecule has 2 saturated carbocycles. The number of hydrogen-bond donors (Lipinski definition) is 1. The quantitative estimate of drug-likeness (QED) is 0.438. The molecule has 0 bridgehead atoms. The van der Waals surface area contributed by atoms with Gasteiger partial charge in [0.15, 0.2) is 11.6 Å². The van der Waals surface area contributed by atoms with Crippen molar-refractivity contribution in [2.24, 2.45) is 5.41 Å². The molecule has 0 aliphatic heterocycles. The monoisotopic (exact) mass is 492 g/mol. The molecule has 7 nitrogen and oxygen atoms in total. The Labute approximate surface area is 208 Å². The third-order valence-corrected chi connectivity index (χ3v) is 8.16. The van der Waals surface area contributed by atoms with Gasteiger partial charge in [-0.05, 0) is 56.1 Å². The average Bonchev–Trinajstić information content (AvgIpc) is 3.57. The van der Waals surface area contributed by atoms with Gasteiger partial charge in [0, 0.05) is 11.6 Å². The summed E-state index contributed by atoms with van der Waals surface area (Å²) in [7, 11) is 0. The summed E-state index contributed by atoms with van der Waals surface area (Å²) in [5, 5.41) is 29.1. The van der Waals surface area contributed by atoms with Crippen LogP contribution in [0.4, 0.5) is 10.2 Å². The number of nitriles is 1. The highest BCUT2D eigenvalue weighted by molar-refractivity contribution is 7.15. The van der Waals surface area contributed by atoms with E-state index in [1.807, 2.05) is 6.07 Å². The zero-order valence-electron chi connectivity index (χ0n) is 20.0. The van der Waals surface area contributed by atoms with Crippen LogP contribution >= 0.6 is 11.3 Å². The van der Waals surface area contributed by atoms with Crippen LogP contribution in [-0.2, 0) is 0 Å². The summed E-state index contributed by atoms with van der Waals surface area (Å²) in [4.78, 5) is 11.4. The molecule has 35 heavy (non-hydrogen) atoms. The molecule has 1 aromatic carbocycles. The second-order valence-electron chi connectivity index (χ2n) is 10.0. The average molecular weight is 493 g/mol. The molecular formula is C26H29FN6OS. The molecule has 1 N–H and O–H groups in total. The maximum absolute atomic E-state index is 15.2. The Balaban J connectivity index is 1.39. The van der Waals surface area contributed by atoms with Gasteiger partial charge in [-0.3, -0.25) is 0 Å². The van der Waals surface area contributed by atoms with Crippen LogP contribution in [-0.4, -0.2) is 43.5 Å². The Morgan fingerprint density at radius 1 is 1.23 bits per heavy atom. The molecule has 0 amide bonds. The lowest BCUT2D eigenvalue weighted by Gasteiger charge is -2.45. The third-order valence-electron chi connectivity index (χ3n) is 7.21. The van der Waals surface area contributed by atoms with Crippen LogP contribution < -0.4 is 4.90 Å². The highest BCUT2D eigenvalue weighted by Crippen LogP contribution is 2.46. The number of aromatic hydroxyl groups is 1. The van der Waals surface area contributed by atoms with Crippen molar-refractivity contribution in [3.8, 4) is 33.8 Å². The van der Waals surface area contributed by atoms with Crippen LogP contribution in [0.25, 0.3) is 22.0 Å². The number of anilines is 1. The van der Waals surface area contributed by atoms with E-state index in [0.717, 1.165) is 38.5 Å². The van der Waals surface area contributed by atoms with Gasteiger partial charge in [0.1, 0.15) is 27.9 Å². The number of aromatic nitrogens is 4. The van der Waals surface area contributed by atoms with E-state index in [4.69, 9.17) is 5.26 Å². The number of phenolic OH excluding ortho intramolecular Hbond substituents is 1. The summed E-state index contributed by atoms with van der Waals surface area (Å²) in [6, 6.07) is 7.27. The van der Waals surface area contributed by atoms with Crippen molar-refractivity contribution < 1.29 is 9.50 Å². The number of hydrogen-bond acceptors (Lipinski definition) is 8. The first-order valence-electron chi connectivity index (χ1n) is 12.2. The van der Waals surface area contributed by atoms with E-state index < -0.39 is 6.17 Å². The lowest BCUT2D eigenvalue weighted by molar-refractivity contribution is 0.0994. The highest BCUT2D eigenvalue weighted by Gasteiger charge is 2.45. The molecule has 2 aliphatic carbocycles. The number of rotatable bonds is 7. The van der Waals surface area contributed by atoms with E-state index in [-0.39, 0.29) is 23.2 Å². The fourth-order valence-electron chi connectivity index (χ4n) is 5.32. The molecule has 3 atom stereocenters. The minimum Gasteiger partial charge on any atom is -0.507 e. The summed E-state index contributed by atoms with van der Waals surface area (Å²) in [5.41, 5.74) is 1.32. The van der Waals surface area contributed by atoms with Crippen molar-refractivity contribution in [3.63, 3.8) is 0 Å². The number of halogens is 1. The maximum Gasteiger partial charge on any atom is 0.185 e. The van der Waals surface area contributed by atoms with E-state index in [2.05, 4.69) is 45.0 Å². The van der Waals surface area contributed by atoms with Gasteiger partial charge in [0.25, 0.3) is 0 Å². The minimum absolute atomic E-state index is 0.0104. The van der Waals surface area contributed by atoms with E-state index in [9.17, 15) is 5.11 Å². The first-order valence-corrected chi connectivity index (χ1v) is 13.0. The van der Waals surface area contributed by atoms with Crippen LogP contribution in [0, 0.1) is 16.7 Å². The number of phenols is 1. The van der Waals surface area contributed by atoms with Crippen molar-refractivity contribution in [2.45, 2.75) is 77.0 Å². The zero-order valence-corrected chi connectivity index (χ0v) is 20.8. The van der Waals surface area contributed by atoms with Gasteiger partial charge in [0.2, 0.25) is 0 Å². The van der Waals surface area contributed by atoms with Crippen LogP contribution in [0.2, 0.25) is 0 Å². The number of nitrogens with zero attached hydrogens (tertiary/aromatic N) is 6. The van der Waals surface area contributed by atoms with Crippen molar-refractivity contribution in [1.82, 2.24) is 20.2 Å². The molecule has 2 heterocycles. The third kappa shape index (κ3) is 4.85. The molecule has 5 rings (SSSR count). The van der Waals surface area contributed by atoms with Crippen molar-refractivity contribution in [3.05, 3.63) is 35.5 Å². The molecule has 3 aromatic rings. The topological polar surface area (TPSA) is 98.8 Å². The van der Waals surface area contributed by atoms with Gasteiger partial charge in [-0.15, -0.1) is 21.5 Å². The Morgan fingerprint density at radius 2 is 2.06 bits per heavy atom. The number of thiazole rings is 1. The Bertz CT molecular complexity index is 1240. The summed E-state index contributed by atoms with van der Waals surface area (Å²) >= 11 is 1.26. The van der Waals surface area contributed by atoms with E-state index >= 15 is 4.39 Å². The Kier molecular flexibility index (Phi) is 6.41. The number of alkyl halides is 1. The van der Waals surface area contributed by atoms with Crippen LogP contribution in [0.1, 0.15) is 63.7 Å². The highest BCUT2D eigenvalue weighted by atomic mass is 32.1. The predicted octanol–water partition coefficient (Wildman–Crippen LogP) is 5.91. The molecule has 2 fully saturated rings. The molecule has 2 aliphatic rings. The van der Waals surface area contributed by atoms with E-state index in [1.54, 1.807) is 18.3 Å². The number of benzene rings is 1. The summed E-state index contributed by atoms with van der Waals surface area (Å²) in [5.74, 6) is 0.922. The molecule has 182 valence electrons. The Morgan fingerprint density at radius 3 is 2.69 bits per heavy atom. The molecule has 0 radical (unpaired) electrons.